The highest BCUT2D eigenvalue weighted by Gasteiger charge is 2.23. The summed E-state index contributed by atoms with van der Waals surface area (Å²) >= 11 is 3.32. The minimum Gasteiger partial charge on any atom is -0.306 e. The van der Waals surface area contributed by atoms with Gasteiger partial charge in [0.2, 0.25) is 5.91 Å². The van der Waals surface area contributed by atoms with E-state index in [-0.39, 0.29) is 23.9 Å². The topological polar surface area (TPSA) is 108 Å². The second-order valence-corrected chi connectivity index (χ2v) is 6.82. The number of aromatic nitrogens is 4. The molecule has 3 aromatic rings. The molecule has 146 valence electrons. The van der Waals surface area contributed by atoms with Crippen molar-refractivity contribution in [3.8, 4) is 0 Å². The maximum absolute atomic E-state index is 13.8. The third-order valence-corrected chi connectivity index (χ3v) is 4.64. The number of nitrogens with one attached hydrogen (secondary N) is 1. The van der Waals surface area contributed by atoms with Crippen molar-refractivity contribution >= 4 is 33.3 Å². The Morgan fingerprint density at radius 1 is 1.39 bits per heavy atom. The Labute approximate surface area is 167 Å². The average molecular weight is 451 g/mol. The van der Waals surface area contributed by atoms with Crippen LogP contribution in [0.15, 0.2) is 47.3 Å². The molecule has 0 aliphatic heterocycles. The molecule has 0 spiro atoms. The first-order valence-corrected chi connectivity index (χ1v) is 9.14. The number of benzene rings is 1. The van der Waals surface area contributed by atoms with Crippen LogP contribution < -0.4 is 5.32 Å². The Hall–Kier alpha value is -3.08. The SMILES string of the molecule is CCC(C(=O)Nc1nn(Cc2ccccc2F)cc1Br)n1cc([N+](=O)[O-])cn1. The molecule has 1 atom stereocenters. The fourth-order valence-electron chi connectivity index (χ4n) is 2.65. The zero-order chi connectivity index (χ0) is 20.3. The number of hydrogen-bond acceptors (Lipinski definition) is 5. The number of amides is 1. The molecule has 11 heteroatoms. The summed E-state index contributed by atoms with van der Waals surface area (Å²) in [6.45, 7) is 1.97. The standard InChI is InChI=1S/C17H16BrFN6O3/c1-2-15(24-9-12(7-20-24)25(27)28)17(26)21-16-13(18)10-23(22-16)8-11-5-3-4-6-14(11)19/h3-7,9-10,15H,2,8H2,1H3,(H,21,22,26). The third kappa shape index (κ3) is 4.25. The number of carbonyl (C=O) groups is 1. The molecule has 0 saturated heterocycles. The minimum atomic E-state index is -0.739. The normalized spacial score (nSPS) is 12.0. The van der Waals surface area contributed by atoms with E-state index < -0.39 is 16.9 Å². The summed E-state index contributed by atoms with van der Waals surface area (Å²) in [7, 11) is 0. The van der Waals surface area contributed by atoms with Crippen molar-refractivity contribution in [3.63, 3.8) is 0 Å². The van der Waals surface area contributed by atoms with E-state index in [1.165, 1.54) is 21.6 Å². The van der Waals surface area contributed by atoms with Gasteiger partial charge in [-0.25, -0.2) is 4.39 Å². The van der Waals surface area contributed by atoms with Gasteiger partial charge >= 0.3 is 5.69 Å². The van der Waals surface area contributed by atoms with Crippen molar-refractivity contribution in [3.05, 3.63) is 68.8 Å². The molecule has 0 radical (unpaired) electrons. The van der Waals surface area contributed by atoms with E-state index in [9.17, 15) is 19.3 Å². The molecule has 0 aliphatic carbocycles. The monoisotopic (exact) mass is 450 g/mol. The molecule has 2 heterocycles. The van der Waals surface area contributed by atoms with Crippen molar-refractivity contribution in [2.45, 2.75) is 25.9 Å². The Balaban J connectivity index is 1.75. The number of rotatable bonds is 7. The lowest BCUT2D eigenvalue weighted by molar-refractivity contribution is -0.385. The molecular formula is C17H16BrFN6O3. The van der Waals surface area contributed by atoms with Crippen LogP contribution in [-0.2, 0) is 11.3 Å². The first-order valence-electron chi connectivity index (χ1n) is 8.34. The number of nitrogens with zero attached hydrogens (tertiary/aromatic N) is 5. The van der Waals surface area contributed by atoms with E-state index in [0.717, 1.165) is 6.20 Å². The van der Waals surface area contributed by atoms with Crippen LogP contribution in [-0.4, -0.2) is 30.4 Å². The first kappa shape index (κ1) is 19.7. The van der Waals surface area contributed by atoms with E-state index in [1.807, 2.05) is 0 Å². The Morgan fingerprint density at radius 2 is 2.14 bits per heavy atom. The van der Waals surface area contributed by atoms with Crippen LogP contribution in [0, 0.1) is 15.9 Å². The molecular weight excluding hydrogens is 435 g/mol. The number of halogens is 2. The lowest BCUT2D eigenvalue weighted by Gasteiger charge is -2.14. The van der Waals surface area contributed by atoms with Crippen molar-refractivity contribution in [2.75, 3.05) is 5.32 Å². The van der Waals surface area contributed by atoms with Gasteiger partial charge in [-0.15, -0.1) is 0 Å². The quantitative estimate of drug-likeness (QED) is 0.437. The van der Waals surface area contributed by atoms with Crippen LogP contribution >= 0.6 is 15.9 Å². The molecule has 3 rings (SSSR count). The molecule has 0 fully saturated rings. The number of hydrogen-bond donors (Lipinski definition) is 1. The summed E-state index contributed by atoms with van der Waals surface area (Å²) in [4.78, 5) is 22.9. The zero-order valence-corrected chi connectivity index (χ0v) is 16.3. The van der Waals surface area contributed by atoms with E-state index >= 15 is 0 Å². The summed E-state index contributed by atoms with van der Waals surface area (Å²) in [5.41, 5.74) is 0.271. The van der Waals surface area contributed by atoms with Crippen molar-refractivity contribution < 1.29 is 14.1 Å². The Kier molecular flexibility index (Phi) is 5.83. The molecule has 1 unspecified atom stereocenters. The van der Waals surface area contributed by atoms with Gasteiger partial charge in [0.05, 0.1) is 15.9 Å². The van der Waals surface area contributed by atoms with Gasteiger partial charge in [-0.2, -0.15) is 10.2 Å². The van der Waals surface area contributed by atoms with Crippen LogP contribution in [0.2, 0.25) is 0 Å². The van der Waals surface area contributed by atoms with Crippen LogP contribution in [0.25, 0.3) is 0 Å². The van der Waals surface area contributed by atoms with Gasteiger partial charge in [-0.05, 0) is 28.4 Å². The van der Waals surface area contributed by atoms with Crippen molar-refractivity contribution in [1.29, 1.82) is 0 Å². The number of nitro groups is 1. The smallest absolute Gasteiger partial charge is 0.306 e. The van der Waals surface area contributed by atoms with Gasteiger partial charge in [0.1, 0.15) is 24.3 Å². The predicted molar refractivity (Wildman–Crippen MR) is 102 cm³/mol. The summed E-state index contributed by atoms with van der Waals surface area (Å²) in [6, 6.07) is 5.62. The predicted octanol–water partition coefficient (Wildman–Crippen LogP) is 3.53. The highest BCUT2D eigenvalue weighted by atomic mass is 79.9. The highest BCUT2D eigenvalue weighted by molar-refractivity contribution is 9.10. The van der Waals surface area contributed by atoms with E-state index in [0.29, 0.717) is 16.5 Å². The zero-order valence-electron chi connectivity index (χ0n) is 14.7. The third-order valence-electron chi connectivity index (χ3n) is 4.06. The number of carbonyl (C=O) groups excluding carboxylic acids is 1. The maximum Gasteiger partial charge on any atom is 0.307 e. The molecule has 1 aromatic carbocycles. The van der Waals surface area contributed by atoms with E-state index in [2.05, 4.69) is 31.4 Å². The van der Waals surface area contributed by atoms with Crippen LogP contribution in [0.4, 0.5) is 15.9 Å². The molecule has 9 nitrogen and oxygen atoms in total. The molecule has 0 saturated carbocycles. The van der Waals surface area contributed by atoms with Crippen molar-refractivity contribution in [1.82, 2.24) is 19.6 Å². The average Bonchev–Trinajstić information content (AvgIpc) is 3.25. The van der Waals surface area contributed by atoms with Gasteiger partial charge in [0.25, 0.3) is 0 Å². The van der Waals surface area contributed by atoms with Gasteiger partial charge in [0.15, 0.2) is 5.82 Å². The van der Waals surface area contributed by atoms with Gasteiger partial charge in [-0.3, -0.25) is 24.3 Å². The molecule has 0 aliphatic rings. The fraction of sp³-hybridized carbons (Fsp3) is 0.235. The highest BCUT2D eigenvalue weighted by Crippen LogP contribution is 2.24. The summed E-state index contributed by atoms with van der Waals surface area (Å²) in [6.07, 6.45) is 4.30. The van der Waals surface area contributed by atoms with Gasteiger partial charge in [0, 0.05) is 11.8 Å². The Morgan fingerprint density at radius 3 is 2.79 bits per heavy atom. The summed E-state index contributed by atoms with van der Waals surface area (Å²) < 4.78 is 17.1. The molecule has 28 heavy (non-hydrogen) atoms. The summed E-state index contributed by atoms with van der Waals surface area (Å²) in [5, 5.41) is 21.7. The first-order chi connectivity index (χ1) is 13.4. The fourth-order valence-corrected chi connectivity index (χ4v) is 3.06. The van der Waals surface area contributed by atoms with Crippen LogP contribution in [0.3, 0.4) is 0 Å². The molecule has 2 aromatic heterocycles. The van der Waals surface area contributed by atoms with E-state index in [1.54, 1.807) is 31.3 Å². The molecule has 1 amide bonds. The lowest BCUT2D eigenvalue weighted by Crippen LogP contribution is -2.26. The number of anilines is 1. The maximum atomic E-state index is 13.8. The molecule has 0 bridgehead atoms. The lowest BCUT2D eigenvalue weighted by atomic mass is 10.2. The second-order valence-electron chi connectivity index (χ2n) is 5.96. The van der Waals surface area contributed by atoms with Crippen LogP contribution in [0.5, 0.6) is 0 Å². The van der Waals surface area contributed by atoms with E-state index in [4.69, 9.17) is 0 Å². The minimum absolute atomic E-state index is 0.193. The Bertz CT molecular complexity index is 1020. The molecule has 1 N–H and O–H groups in total. The van der Waals surface area contributed by atoms with Crippen molar-refractivity contribution in [2.24, 2.45) is 0 Å². The van der Waals surface area contributed by atoms with Gasteiger partial charge < -0.3 is 5.32 Å². The second kappa shape index (κ2) is 8.30. The summed E-state index contributed by atoms with van der Waals surface area (Å²) in [5.74, 6) is -0.496. The largest absolute Gasteiger partial charge is 0.307 e. The van der Waals surface area contributed by atoms with Gasteiger partial charge in [-0.1, -0.05) is 25.1 Å². The van der Waals surface area contributed by atoms with Crippen LogP contribution in [0.1, 0.15) is 24.9 Å².